The number of nitrogens with one attached hydrogen (secondary N) is 1. The fraction of sp³-hybridized carbons (Fsp3) is 1.00. The molecule has 1 aliphatic rings. The van der Waals surface area contributed by atoms with E-state index in [1.54, 1.807) is 0 Å². The third-order valence-corrected chi connectivity index (χ3v) is 2.71. The monoisotopic (exact) mass is 179 g/mol. The summed E-state index contributed by atoms with van der Waals surface area (Å²) >= 11 is 6.03. The summed E-state index contributed by atoms with van der Waals surface area (Å²) in [7, 11) is 0. The molecule has 3 heteroatoms. The Morgan fingerprint density at radius 3 is 2.73 bits per heavy atom. The van der Waals surface area contributed by atoms with Crippen molar-refractivity contribution in [3.05, 3.63) is 0 Å². The summed E-state index contributed by atoms with van der Waals surface area (Å²) in [6, 6.07) is 0.348. The summed E-state index contributed by atoms with van der Waals surface area (Å²) in [5, 5.41) is 3.33. The molecule has 0 radical (unpaired) electrons. The van der Waals surface area contributed by atoms with Gasteiger partial charge >= 0.3 is 0 Å². The van der Waals surface area contributed by atoms with Crippen LogP contribution in [0.15, 0.2) is 0 Å². The molecule has 1 saturated carbocycles. The van der Waals surface area contributed by atoms with Crippen LogP contribution in [-0.2, 0) is 0 Å². The molecule has 1 fully saturated rings. The molecular formula is C8H15ClFN. The standard InChI is InChI=1S/C8H15ClFN/c9-7-3-1-2-4-8(7)11-6-5-10/h7-8,11H,1-6H2. The van der Waals surface area contributed by atoms with E-state index in [2.05, 4.69) is 5.32 Å². The first-order valence-corrected chi connectivity index (χ1v) is 4.71. The lowest BCUT2D eigenvalue weighted by atomic mass is 9.95. The van der Waals surface area contributed by atoms with Gasteiger partial charge in [-0.3, -0.25) is 0 Å². The van der Waals surface area contributed by atoms with E-state index in [1.165, 1.54) is 12.8 Å². The summed E-state index contributed by atoms with van der Waals surface area (Å²) in [5.74, 6) is 0. The van der Waals surface area contributed by atoms with E-state index in [4.69, 9.17) is 11.6 Å². The second-order valence-corrected chi connectivity index (χ2v) is 3.61. The fourth-order valence-corrected chi connectivity index (χ4v) is 1.92. The number of rotatable bonds is 3. The largest absolute Gasteiger partial charge is 0.310 e. The van der Waals surface area contributed by atoms with Crippen molar-refractivity contribution in [2.24, 2.45) is 0 Å². The normalized spacial score (nSPS) is 32.2. The summed E-state index contributed by atoms with van der Waals surface area (Å²) in [5.41, 5.74) is 0. The molecule has 1 rings (SSSR count). The first-order chi connectivity index (χ1) is 5.34. The highest BCUT2D eigenvalue weighted by molar-refractivity contribution is 6.21. The second-order valence-electron chi connectivity index (χ2n) is 3.05. The van der Waals surface area contributed by atoms with Crippen LogP contribution in [0.5, 0.6) is 0 Å². The van der Waals surface area contributed by atoms with Crippen LogP contribution < -0.4 is 5.32 Å². The summed E-state index contributed by atoms with van der Waals surface area (Å²) < 4.78 is 11.8. The minimum Gasteiger partial charge on any atom is -0.310 e. The molecule has 66 valence electrons. The van der Waals surface area contributed by atoms with Crippen LogP contribution in [0.3, 0.4) is 0 Å². The molecule has 1 N–H and O–H groups in total. The van der Waals surface area contributed by atoms with E-state index in [0.29, 0.717) is 12.6 Å². The van der Waals surface area contributed by atoms with Gasteiger partial charge in [0.1, 0.15) is 6.67 Å². The minimum atomic E-state index is -0.292. The first-order valence-electron chi connectivity index (χ1n) is 4.28. The molecule has 0 aromatic rings. The van der Waals surface area contributed by atoms with Crippen molar-refractivity contribution in [2.75, 3.05) is 13.2 Å². The van der Waals surface area contributed by atoms with E-state index >= 15 is 0 Å². The summed E-state index contributed by atoms with van der Waals surface area (Å²) in [6.45, 7) is 0.161. The lowest BCUT2D eigenvalue weighted by Gasteiger charge is -2.27. The van der Waals surface area contributed by atoms with E-state index in [1.807, 2.05) is 0 Å². The maximum Gasteiger partial charge on any atom is 0.102 e. The van der Waals surface area contributed by atoms with Gasteiger partial charge in [0.2, 0.25) is 0 Å². The van der Waals surface area contributed by atoms with Crippen LogP contribution in [0.2, 0.25) is 0 Å². The molecule has 0 aliphatic heterocycles. The zero-order chi connectivity index (χ0) is 8.10. The molecule has 0 aromatic heterocycles. The summed E-state index contributed by atoms with van der Waals surface area (Å²) in [6.07, 6.45) is 4.63. The predicted molar refractivity (Wildman–Crippen MR) is 45.9 cm³/mol. The predicted octanol–water partition coefficient (Wildman–Crippen LogP) is 2.10. The van der Waals surface area contributed by atoms with Crippen molar-refractivity contribution < 1.29 is 4.39 Å². The van der Waals surface area contributed by atoms with Gasteiger partial charge in [-0.25, -0.2) is 4.39 Å². The molecule has 11 heavy (non-hydrogen) atoms. The molecule has 1 nitrogen and oxygen atoms in total. The third kappa shape index (κ3) is 2.96. The van der Waals surface area contributed by atoms with Gasteiger partial charge in [-0.1, -0.05) is 12.8 Å². The Kier molecular flexibility index (Phi) is 4.16. The van der Waals surface area contributed by atoms with Gasteiger partial charge in [-0.05, 0) is 12.8 Å². The molecule has 1 aliphatic carbocycles. The van der Waals surface area contributed by atoms with Crippen LogP contribution in [0.4, 0.5) is 4.39 Å². The molecular weight excluding hydrogens is 165 g/mol. The average Bonchev–Trinajstić information content (AvgIpc) is 2.03. The van der Waals surface area contributed by atoms with Crippen LogP contribution in [0.25, 0.3) is 0 Å². The zero-order valence-electron chi connectivity index (χ0n) is 6.65. The highest BCUT2D eigenvalue weighted by Crippen LogP contribution is 2.22. The lowest BCUT2D eigenvalue weighted by Crippen LogP contribution is -2.40. The number of hydrogen-bond acceptors (Lipinski definition) is 1. The number of halogens is 2. The average molecular weight is 180 g/mol. The maximum absolute atomic E-state index is 11.8. The molecule has 2 atom stereocenters. The Morgan fingerprint density at radius 1 is 1.36 bits per heavy atom. The molecule has 0 amide bonds. The topological polar surface area (TPSA) is 12.0 Å². The van der Waals surface area contributed by atoms with Crippen LogP contribution in [-0.4, -0.2) is 24.6 Å². The summed E-state index contributed by atoms with van der Waals surface area (Å²) in [4.78, 5) is 0. The Morgan fingerprint density at radius 2 is 2.09 bits per heavy atom. The maximum atomic E-state index is 11.8. The Labute approximate surface area is 72.3 Å². The van der Waals surface area contributed by atoms with Crippen molar-refractivity contribution in [1.82, 2.24) is 5.32 Å². The van der Waals surface area contributed by atoms with Crippen molar-refractivity contribution >= 4 is 11.6 Å². The van der Waals surface area contributed by atoms with Crippen molar-refractivity contribution in [3.8, 4) is 0 Å². The Bertz CT molecular complexity index is 110. The third-order valence-electron chi connectivity index (χ3n) is 2.18. The van der Waals surface area contributed by atoms with Crippen LogP contribution >= 0.6 is 11.6 Å². The van der Waals surface area contributed by atoms with Crippen LogP contribution in [0, 0.1) is 0 Å². The zero-order valence-corrected chi connectivity index (χ0v) is 7.41. The van der Waals surface area contributed by atoms with Crippen LogP contribution in [0.1, 0.15) is 25.7 Å². The smallest absolute Gasteiger partial charge is 0.102 e. The fourth-order valence-electron chi connectivity index (χ4n) is 1.56. The van der Waals surface area contributed by atoms with Gasteiger partial charge in [0, 0.05) is 18.0 Å². The van der Waals surface area contributed by atoms with Gasteiger partial charge in [0.05, 0.1) is 0 Å². The molecule has 0 heterocycles. The number of alkyl halides is 2. The van der Waals surface area contributed by atoms with E-state index in [-0.39, 0.29) is 12.1 Å². The SMILES string of the molecule is FCCNC1CCCCC1Cl. The van der Waals surface area contributed by atoms with Gasteiger partial charge in [0.15, 0.2) is 0 Å². The van der Waals surface area contributed by atoms with Gasteiger partial charge in [-0.2, -0.15) is 0 Å². The molecule has 0 spiro atoms. The van der Waals surface area contributed by atoms with E-state index < -0.39 is 0 Å². The van der Waals surface area contributed by atoms with E-state index in [0.717, 1.165) is 12.8 Å². The van der Waals surface area contributed by atoms with Crippen molar-refractivity contribution in [2.45, 2.75) is 37.1 Å². The first kappa shape index (κ1) is 9.27. The molecule has 0 saturated heterocycles. The molecule has 0 aromatic carbocycles. The second kappa shape index (κ2) is 4.94. The van der Waals surface area contributed by atoms with E-state index in [9.17, 15) is 4.39 Å². The highest BCUT2D eigenvalue weighted by Gasteiger charge is 2.21. The van der Waals surface area contributed by atoms with Gasteiger partial charge < -0.3 is 5.32 Å². The number of hydrogen-bond donors (Lipinski definition) is 1. The van der Waals surface area contributed by atoms with Gasteiger partial charge in [-0.15, -0.1) is 11.6 Å². The minimum absolute atomic E-state index is 0.218. The van der Waals surface area contributed by atoms with Crippen molar-refractivity contribution in [1.29, 1.82) is 0 Å². The quantitative estimate of drug-likeness (QED) is 0.655. The molecule has 0 bridgehead atoms. The highest BCUT2D eigenvalue weighted by atomic mass is 35.5. The Balaban J connectivity index is 2.18. The molecule has 2 unspecified atom stereocenters. The Hall–Kier alpha value is 0.180. The van der Waals surface area contributed by atoms with Crippen molar-refractivity contribution in [3.63, 3.8) is 0 Å². The van der Waals surface area contributed by atoms with Gasteiger partial charge in [0.25, 0.3) is 0 Å². The lowest BCUT2D eigenvalue weighted by molar-refractivity contribution is 0.358.